The average molecular weight is 366 g/mol. The fourth-order valence-corrected chi connectivity index (χ4v) is 3.18. The lowest BCUT2D eigenvalue weighted by molar-refractivity contribution is 0.566. The van der Waals surface area contributed by atoms with Crippen molar-refractivity contribution in [1.29, 1.82) is 0 Å². The van der Waals surface area contributed by atoms with Gasteiger partial charge in [0, 0.05) is 16.6 Å². The molecule has 0 aliphatic rings. The van der Waals surface area contributed by atoms with Crippen molar-refractivity contribution < 1.29 is 4.39 Å². The lowest BCUT2D eigenvalue weighted by Crippen LogP contribution is -2.04. The maximum Gasteiger partial charge on any atom is 0.205 e. The molecule has 0 unspecified atom stereocenters. The Kier molecular flexibility index (Phi) is 4.40. The fourth-order valence-electron chi connectivity index (χ4n) is 2.46. The molecule has 0 bridgehead atoms. The van der Waals surface area contributed by atoms with Gasteiger partial charge < -0.3 is 5.32 Å². The Hall–Kier alpha value is -3.13. The second-order valence-corrected chi connectivity index (χ2v) is 6.60. The summed E-state index contributed by atoms with van der Waals surface area (Å²) in [5, 5.41) is 18.4. The van der Waals surface area contributed by atoms with E-state index in [9.17, 15) is 4.39 Å². The number of thiazole rings is 1. The molecule has 0 saturated heterocycles. The number of aromatic nitrogens is 5. The van der Waals surface area contributed by atoms with Crippen LogP contribution in [0.3, 0.4) is 0 Å². The molecule has 0 fully saturated rings. The molecule has 2 aromatic carbocycles. The van der Waals surface area contributed by atoms with Crippen molar-refractivity contribution in [3.63, 3.8) is 0 Å². The van der Waals surface area contributed by atoms with Gasteiger partial charge in [-0.15, -0.1) is 21.5 Å². The molecular weight excluding hydrogens is 351 g/mol. The van der Waals surface area contributed by atoms with Gasteiger partial charge in [0.2, 0.25) is 5.82 Å². The van der Waals surface area contributed by atoms with Crippen LogP contribution in [0.5, 0.6) is 0 Å². The van der Waals surface area contributed by atoms with Crippen LogP contribution >= 0.6 is 11.3 Å². The smallest absolute Gasteiger partial charge is 0.205 e. The number of tetrazole rings is 1. The molecule has 6 nitrogen and oxygen atoms in total. The number of benzene rings is 2. The highest BCUT2D eigenvalue weighted by molar-refractivity contribution is 7.13. The highest BCUT2D eigenvalue weighted by Gasteiger charge is 2.09. The molecule has 0 atom stereocenters. The van der Waals surface area contributed by atoms with Crippen LogP contribution in [0, 0.1) is 12.7 Å². The number of nitrogens with one attached hydrogen (secondary N) is 1. The molecule has 0 spiro atoms. The molecule has 26 heavy (non-hydrogen) atoms. The summed E-state index contributed by atoms with van der Waals surface area (Å²) in [7, 11) is 0. The van der Waals surface area contributed by atoms with Crippen LogP contribution in [0.15, 0.2) is 53.9 Å². The standard InChI is InChI=1S/C18H15FN6S/c1-12-5-2-3-8-16(12)21-18-20-15(11-26-18)10-25-23-17(22-24-25)13-6-4-7-14(19)9-13/h2-9,11H,10H2,1H3,(H,20,21). The highest BCUT2D eigenvalue weighted by atomic mass is 32.1. The molecule has 0 aliphatic carbocycles. The normalized spacial score (nSPS) is 10.8. The minimum absolute atomic E-state index is 0.328. The van der Waals surface area contributed by atoms with Crippen LogP contribution in [0.1, 0.15) is 11.3 Å². The van der Waals surface area contributed by atoms with E-state index >= 15 is 0 Å². The van der Waals surface area contributed by atoms with Gasteiger partial charge >= 0.3 is 0 Å². The van der Waals surface area contributed by atoms with Gasteiger partial charge in [-0.3, -0.25) is 0 Å². The Morgan fingerprint density at radius 2 is 2.04 bits per heavy atom. The zero-order chi connectivity index (χ0) is 17.9. The zero-order valence-electron chi connectivity index (χ0n) is 13.9. The van der Waals surface area contributed by atoms with Gasteiger partial charge in [-0.25, -0.2) is 9.37 Å². The average Bonchev–Trinajstić information content (AvgIpc) is 3.27. The number of nitrogens with zero attached hydrogens (tertiary/aromatic N) is 5. The molecule has 2 heterocycles. The summed E-state index contributed by atoms with van der Waals surface area (Å²) in [5.41, 5.74) is 3.60. The van der Waals surface area contributed by atoms with E-state index in [0.29, 0.717) is 17.9 Å². The second kappa shape index (κ2) is 7.01. The first-order chi connectivity index (χ1) is 12.7. The summed E-state index contributed by atoms with van der Waals surface area (Å²) in [6.45, 7) is 2.44. The van der Waals surface area contributed by atoms with E-state index in [1.807, 2.05) is 36.6 Å². The number of halogens is 1. The van der Waals surface area contributed by atoms with E-state index in [-0.39, 0.29) is 5.82 Å². The van der Waals surface area contributed by atoms with E-state index in [0.717, 1.165) is 22.1 Å². The van der Waals surface area contributed by atoms with E-state index < -0.39 is 0 Å². The molecule has 0 aliphatic heterocycles. The molecule has 4 aromatic rings. The Labute approximate surface area is 153 Å². The number of para-hydroxylation sites is 1. The topological polar surface area (TPSA) is 68.5 Å². The van der Waals surface area contributed by atoms with E-state index in [2.05, 4.69) is 25.7 Å². The lowest BCUT2D eigenvalue weighted by atomic mass is 10.2. The lowest BCUT2D eigenvalue weighted by Gasteiger charge is -2.05. The minimum Gasteiger partial charge on any atom is -0.331 e. The predicted molar refractivity (Wildman–Crippen MR) is 98.9 cm³/mol. The van der Waals surface area contributed by atoms with Gasteiger partial charge in [0.25, 0.3) is 0 Å². The van der Waals surface area contributed by atoms with Gasteiger partial charge in [-0.1, -0.05) is 30.3 Å². The Bertz CT molecular complexity index is 1040. The van der Waals surface area contributed by atoms with Crippen LogP contribution in [0.4, 0.5) is 15.2 Å². The molecule has 2 aromatic heterocycles. The minimum atomic E-state index is -0.328. The number of rotatable bonds is 5. The van der Waals surface area contributed by atoms with Crippen LogP contribution < -0.4 is 5.32 Å². The molecule has 0 radical (unpaired) electrons. The zero-order valence-corrected chi connectivity index (χ0v) is 14.7. The van der Waals surface area contributed by atoms with Gasteiger partial charge in [-0.2, -0.15) is 4.80 Å². The predicted octanol–water partition coefficient (Wildman–Crippen LogP) is 4.04. The van der Waals surface area contributed by atoms with Crippen LogP contribution in [-0.4, -0.2) is 25.2 Å². The largest absolute Gasteiger partial charge is 0.331 e. The van der Waals surface area contributed by atoms with Crippen molar-refractivity contribution >= 4 is 22.2 Å². The van der Waals surface area contributed by atoms with E-state index in [1.54, 1.807) is 12.1 Å². The first-order valence-corrected chi connectivity index (χ1v) is 8.86. The van der Waals surface area contributed by atoms with Crippen molar-refractivity contribution in [2.45, 2.75) is 13.5 Å². The molecule has 4 rings (SSSR count). The first-order valence-electron chi connectivity index (χ1n) is 7.98. The summed E-state index contributed by atoms with van der Waals surface area (Å²) in [5.74, 6) is 0.0586. The van der Waals surface area contributed by atoms with Crippen molar-refractivity contribution in [2.75, 3.05) is 5.32 Å². The van der Waals surface area contributed by atoms with Crippen LogP contribution in [0.2, 0.25) is 0 Å². The monoisotopic (exact) mass is 366 g/mol. The van der Waals surface area contributed by atoms with Crippen molar-refractivity contribution in [2.24, 2.45) is 0 Å². The third-order valence-electron chi connectivity index (χ3n) is 3.78. The Morgan fingerprint density at radius 3 is 2.88 bits per heavy atom. The summed E-state index contributed by atoms with van der Waals surface area (Å²) < 4.78 is 13.3. The summed E-state index contributed by atoms with van der Waals surface area (Å²) in [6, 6.07) is 14.2. The van der Waals surface area contributed by atoms with Crippen molar-refractivity contribution in [1.82, 2.24) is 25.2 Å². The SMILES string of the molecule is Cc1ccccc1Nc1nc(Cn2nnc(-c3cccc(F)c3)n2)cs1. The molecule has 0 saturated carbocycles. The van der Waals surface area contributed by atoms with Gasteiger partial charge in [0.15, 0.2) is 5.13 Å². The molecular formula is C18H15FN6S. The summed E-state index contributed by atoms with van der Waals surface area (Å²) in [4.78, 5) is 6.01. The molecule has 130 valence electrons. The second-order valence-electron chi connectivity index (χ2n) is 5.74. The van der Waals surface area contributed by atoms with Gasteiger partial charge in [-0.05, 0) is 35.9 Å². The fraction of sp³-hybridized carbons (Fsp3) is 0.111. The first kappa shape index (κ1) is 16.3. The molecule has 0 amide bonds. The number of aryl methyl sites for hydroxylation is 1. The van der Waals surface area contributed by atoms with Crippen molar-refractivity contribution in [3.05, 3.63) is 71.0 Å². The van der Waals surface area contributed by atoms with Crippen LogP contribution in [-0.2, 0) is 6.54 Å². The quantitative estimate of drug-likeness (QED) is 0.577. The van der Waals surface area contributed by atoms with E-state index in [1.165, 1.54) is 28.3 Å². The molecule has 8 heteroatoms. The Morgan fingerprint density at radius 1 is 1.15 bits per heavy atom. The maximum absolute atomic E-state index is 13.3. The highest BCUT2D eigenvalue weighted by Crippen LogP contribution is 2.23. The third-order valence-corrected chi connectivity index (χ3v) is 4.58. The van der Waals surface area contributed by atoms with Gasteiger partial charge in [0.1, 0.15) is 12.4 Å². The Balaban J connectivity index is 1.47. The summed E-state index contributed by atoms with van der Waals surface area (Å²) in [6.07, 6.45) is 0. The third kappa shape index (κ3) is 3.60. The van der Waals surface area contributed by atoms with Gasteiger partial charge in [0.05, 0.1) is 5.69 Å². The number of anilines is 2. The number of hydrogen-bond acceptors (Lipinski definition) is 6. The van der Waals surface area contributed by atoms with E-state index in [4.69, 9.17) is 0 Å². The summed E-state index contributed by atoms with van der Waals surface area (Å²) >= 11 is 1.52. The van der Waals surface area contributed by atoms with Crippen molar-refractivity contribution in [3.8, 4) is 11.4 Å². The van der Waals surface area contributed by atoms with Crippen LogP contribution in [0.25, 0.3) is 11.4 Å². The number of hydrogen-bond donors (Lipinski definition) is 1. The molecule has 1 N–H and O–H groups in total. The maximum atomic E-state index is 13.3.